The van der Waals surface area contributed by atoms with Crippen LogP contribution in [0.3, 0.4) is 0 Å². The zero-order chi connectivity index (χ0) is 8.55. The Hall–Kier alpha value is -1.31. The minimum atomic E-state index is 0.591. The first-order valence-corrected chi connectivity index (χ1v) is 4.16. The summed E-state index contributed by atoms with van der Waals surface area (Å²) in [5.41, 5.74) is 8.31. The van der Waals surface area contributed by atoms with Crippen molar-refractivity contribution in [1.82, 2.24) is 0 Å². The first kappa shape index (κ1) is 7.35. The van der Waals surface area contributed by atoms with E-state index in [-0.39, 0.29) is 0 Å². The zero-order valence-corrected chi connectivity index (χ0v) is 6.79. The van der Waals surface area contributed by atoms with Gasteiger partial charge in [0.2, 0.25) is 0 Å². The second-order valence-corrected chi connectivity index (χ2v) is 3.28. The van der Waals surface area contributed by atoms with E-state index in [9.17, 15) is 4.79 Å². The summed E-state index contributed by atoms with van der Waals surface area (Å²) in [6.45, 7) is 0. The maximum atomic E-state index is 10.6. The first-order chi connectivity index (χ1) is 5.81. The van der Waals surface area contributed by atoms with E-state index in [2.05, 4.69) is 0 Å². The quantitative estimate of drug-likeness (QED) is 0.532. The molecule has 0 bridgehead atoms. The lowest BCUT2D eigenvalue weighted by molar-refractivity contribution is 0.112. The molecule has 1 fully saturated rings. The van der Waals surface area contributed by atoms with Gasteiger partial charge in [0.05, 0.1) is 0 Å². The van der Waals surface area contributed by atoms with E-state index < -0.39 is 0 Å². The number of carbonyl (C=O) groups excluding carboxylic acids is 1. The summed E-state index contributed by atoms with van der Waals surface area (Å²) in [7, 11) is 0. The summed E-state index contributed by atoms with van der Waals surface area (Å²) in [5, 5.41) is 0. The van der Waals surface area contributed by atoms with Crippen LogP contribution in [-0.2, 0) is 0 Å². The van der Waals surface area contributed by atoms with Crippen LogP contribution in [0, 0.1) is 0 Å². The average Bonchev–Trinajstić information content (AvgIpc) is 2.87. The van der Waals surface area contributed by atoms with Gasteiger partial charge in [-0.2, -0.15) is 0 Å². The Balaban J connectivity index is 2.46. The van der Waals surface area contributed by atoms with Gasteiger partial charge >= 0.3 is 0 Å². The average molecular weight is 161 g/mol. The Labute approximate surface area is 71.4 Å². The van der Waals surface area contributed by atoms with Crippen LogP contribution in [0.1, 0.15) is 34.7 Å². The van der Waals surface area contributed by atoms with Crippen molar-refractivity contribution in [3.63, 3.8) is 0 Å². The maximum absolute atomic E-state index is 10.6. The molecule has 0 unspecified atom stereocenters. The highest BCUT2D eigenvalue weighted by atomic mass is 16.1. The standard InChI is InChI=1S/C10H11NO/c11-9-4-3-8(6-12)10(5-9)7-1-2-7/h3-7H,1-2,11H2. The van der Waals surface area contributed by atoms with Crippen molar-refractivity contribution in [3.8, 4) is 0 Å². The molecule has 0 atom stereocenters. The van der Waals surface area contributed by atoms with Gasteiger partial charge in [-0.25, -0.2) is 0 Å². The molecule has 0 aromatic heterocycles. The molecule has 2 N–H and O–H groups in total. The van der Waals surface area contributed by atoms with Gasteiger partial charge < -0.3 is 5.73 Å². The number of nitrogens with two attached hydrogens (primary N) is 1. The Kier molecular flexibility index (Phi) is 1.61. The van der Waals surface area contributed by atoms with E-state index in [1.54, 1.807) is 12.1 Å². The molecule has 0 spiro atoms. The van der Waals surface area contributed by atoms with Crippen LogP contribution in [0.25, 0.3) is 0 Å². The molecular formula is C10H11NO. The topological polar surface area (TPSA) is 43.1 Å². The van der Waals surface area contributed by atoms with Crippen molar-refractivity contribution in [2.24, 2.45) is 0 Å². The number of rotatable bonds is 2. The molecule has 1 aliphatic carbocycles. The second-order valence-electron chi connectivity index (χ2n) is 3.28. The summed E-state index contributed by atoms with van der Waals surface area (Å²) >= 11 is 0. The normalized spacial score (nSPS) is 16.0. The van der Waals surface area contributed by atoms with Crippen molar-refractivity contribution in [1.29, 1.82) is 0 Å². The van der Waals surface area contributed by atoms with Crippen molar-refractivity contribution in [2.75, 3.05) is 5.73 Å². The maximum Gasteiger partial charge on any atom is 0.150 e. The lowest BCUT2D eigenvalue weighted by Gasteiger charge is -2.02. The number of hydrogen-bond acceptors (Lipinski definition) is 2. The van der Waals surface area contributed by atoms with Crippen LogP contribution in [-0.4, -0.2) is 6.29 Å². The summed E-state index contributed by atoms with van der Waals surface area (Å²) in [4.78, 5) is 10.6. The first-order valence-electron chi connectivity index (χ1n) is 4.16. The molecule has 0 heterocycles. The van der Waals surface area contributed by atoms with Crippen LogP contribution < -0.4 is 5.73 Å². The number of carbonyl (C=O) groups is 1. The second kappa shape index (κ2) is 2.63. The summed E-state index contributed by atoms with van der Waals surface area (Å²) < 4.78 is 0. The van der Waals surface area contributed by atoms with E-state index in [1.165, 1.54) is 12.8 Å². The molecule has 0 saturated heterocycles. The number of hydrogen-bond donors (Lipinski definition) is 1. The van der Waals surface area contributed by atoms with Gasteiger partial charge in [-0.15, -0.1) is 0 Å². The smallest absolute Gasteiger partial charge is 0.150 e. The minimum absolute atomic E-state index is 0.591. The fourth-order valence-electron chi connectivity index (χ4n) is 1.45. The molecule has 0 aliphatic heterocycles. The van der Waals surface area contributed by atoms with Crippen LogP contribution in [0.4, 0.5) is 5.69 Å². The van der Waals surface area contributed by atoms with Crippen molar-refractivity contribution in [3.05, 3.63) is 29.3 Å². The molecular weight excluding hydrogens is 150 g/mol. The van der Waals surface area contributed by atoms with Gasteiger partial charge in [-0.05, 0) is 42.5 Å². The number of nitrogen functional groups attached to an aromatic ring is 1. The predicted octanol–water partition coefficient (Wildman–Crippen LogP) is 1.96. The highest BCUT2D eigenvalue weighted by Crippen LogP contribution is 2.41. The Morgan fingerprint density at radius 3 is 2.75 bits per heavy atom. The summed E-state index contributed by atoms with van der Waals surface area (Å²) in [5.74, 6) is 0.591. The molecule has 1 aliphatic rings. The SMILES string of the molecule is Nc1ccc(C=O)c(C2CC2)c1. The number of aldehydes is 1. The molecule has 1 aromatic rings. The summed E-state index contributed by atoms with van der Waals surface area (Å²) in [6, 6.07) is 5.49. The predicted molar refractivity (Wildman–Crippen MR) is 48.2 cm³/mol. The van der Waals surface area contributed by atoms with E-state index in [0.29, 0.717) is 5.92 Å². The third-order valence-corrected chi connectivity index (χ3v) is 2.25. The number of anilines is 1. The monoisotopic (exact) mass is 161 g/mol. The number of benzene rings is 1. The van der Waals surface area contributed by atoms with Gasteiger partial charge in [-0.1, -0.05) is 0 Å². The van der Waals surface area contributed by atoms with Gasteiger partial charge in [-0.3, -0.25) is 4.79 Å². The third-order valence-electron chi connectivity index (χ3n) is 2.25. The fraction of sp³-hybridized carbons (Fsp3) is 0.300. The molecule has 62 valence electrons. The largest absolute Gasteiger partial charge is 0.399 e. The van der Waals surface area contributed by atoms with Gasteiger partial charge in [0.15, 0.2) is 0 Å². The van der Waals surface area contributed by atoms with E-state index in [0.717, 1.165) is 23.1 Å². The highest BCUT2D eigenvalue weighted by Gasteiger charge is 2.25. The van der Waals surface area contributed by atoms with Crippen LogP contribution in [0.2, 0.25) is 0 Å². The minimum Gasteiger partial charge on any atom is -0.399 e. The lowest BCUT2D eigenvalue weighted by atomic mass is 10.0. The van der Waals surface area contributed by atoms with Crippen molar-refractivity contribution < 1.29 is 4.79 Å². The molecule has 2 heteroatoms. The third kappa shape index (κ3) is 1.20. The van der Waals surface area contributed by atoms with Gasteiger partial charge in [0.1, 0.15) is 6.29 Å². The van der Waals surface area contributed by atoms with Crippen molar-refractivity contribution in [2.45, 2.75) is 18.8 Å². The molecule has 0 amide bonds. The van der Waals surface area contributed by atoms with Crippen LogP contribution in [0.5, 0.6) is 0 Å². The van der Waals surface area contributed by atoms with E-state index in [4.69, 9.17) is 5.73 Å². The zero-order valence-electron chi connectivity index (χ0n) is 6.79. The van der Waals surface area contributed by atoms with Gasteiger partial charge in [0, 0.05) is 11.3 Å². The Morgan fingerprint density at radius 2 is 2.17 bits per heavy atom. The molecule has 1 saturated carbocycles. The molecule has 0 radical (unpaired) electrons. The molecule has 2 rings (SSSR count). The van der Waals surface area contributed by atoms with Crippen LogP contribution in [0.15, 0.2) is 18.2 Å². The fourth-order valence-corrected chi connectivity index (χ4v) is 1.45. The van der Waals surface area contributed by atoms with E-state index >= 15 is 0 Å². The van der Waals surface area contributed by atoms with E-state index in [1.807, 2.05) is 6.07 Å². The lowest BCUT2D eigenvalue weighted by Crippen LogP contribution is -1.93. The van der Waals surface area contributed by atoms with Crippen molar-refractivity contribution >= 4 is 12.0 Å². The molecule has 12 heavy (non-hydrogen) atoms. The highest BCUT2D eigenvalue weighted by molar-refractivity contribution is 5.79. The Morgan fingerprint density at radius 1 is 1.42 bits per heavy atom. The Bertz CT molecular complexity index is 316. The summed E-state index contributed by atoms with van der Waals surface area (Å²) in [6.07, 6.45) is 3.31. The van der Waals surface area contributed by atoms with Gasteiger partial charge in [0.25, 0.3) is 0 Å². The molecule has 2 nitrogen and oxygen atoms in total. The van der Waals surface area contributed by atoms with Crippen LogP contribution >= 0.6 is 0 Å². The molecule has 1 aromatic carbocycles.